The van der Waals surface area contributed by atoms with Gasteiger partial charge in [-0.25, -0.2) is 18.1 Å². The minimum atomic E-state index is -4.65. The number of carbonyl (C=O) groups is 1. The van der Waals surface area contributed by atoms with Crippen molar-refractivity contribution in [2.24, 2.45) is 0 Å². The van der Waals surface area contributed by atoms with E-state index in [1.54, 1.807) is 12.3 Å². The number of alkyl halides is 3. The molecule has 168 valence electrons. The van der Waals surface area contributed by atoms with E-state index in [1.807, 2.05) is 6.07 Å². The first-order valence-electron chi connectivity index (χ1n) is 9.79. The second-order valence-electron chi connectivity index (χ2n) is 7.17. The topological polar surface area (TPSA) is 91.4 Å². The van der Waals surface area contributed by atoms with Crippen LogP contribution < -0.4 is 14.9 Å². The lowest BCUT2D eigenvalue weighted by Crippen LogP contribution is -2.30. The zero-order valence-electron chi connectivity index (χ0n) is 16.7. The number of nitrogens with zero attached hydrogens (tertiary/aromatic N) is 2. The number of aromatic nitrogens is 1. The van der Waals surface area contributed by atoms with Crippen LogP contribution in [-0.2, 0) is 27.5 Å². The van der Waals surface area contributed by atoms with Crippen molar-refractivity contribution >= 4 is 21.7 Å². The van der Waals surface area contributed by atoms with Gasteiger partial charge in [-0.15, -0.1) is 0 Å². The molecule has 7 nitrogen and oxygen atoms in total. The zero-order valence-corrected chi connectivity index (χ0v) is 17.5. The summed E-state index contributed by atoms with van der Waals surface area (Å²) < 4.78 is 64.9. The summed E-state index contributed by atoms with van der Waals surface area (Å²) in [7, 11) is -4.16. The molecule has 2 aromatic rings. The summed E-state index contributed by atoms with van der Waals surface area (Å²) in [6.45, 7) is 1.94. The fourth-order valence-corrected chi connectivity index (χ4v) is 4.28. The van der Waals surface area contributed by atoms with Crippen LogP contribution in [0.25, 0.3) is 0 Å². The lowest BCUT2D eigenvalue weighted by atomic mass is 10.2. The summed E-state index contributed by atoms with van der Waals surface area (Å²) in [5.74, 6) is 0.476. The van der Waals surface area contributed by atoms with Crippen LogP contribution in [-0.4, -0.2) is 38.9 Å². The fraction of sp³-hybridized carbons (Fsp3) is 0.400. The zero-order chi connectivity index (χ0) is 22.5. The monoisotopic (exact) mass is 456 g/mol. The summed E-state index contributed by atoms with van der Waals surface area (Å²) >= 11 is 0. The predicted octanol–water partition coefficient (Wildman–Crippen LogP) is 2.69. The molecular weight excluding hydrogens is 433 g/mol. The van der Waals surface area contributed by atoms with Gasteiger partial charge in [0.1, 0.15) is 5.82 Å². The summed E-state index contributed by atoms with van der Waals surface area (Å²) in [6, 6.07) is 7.14. The molecule has 1 aliphatic heterocycles. The quantitative estimate of drug-likeness (QED) is 0.637. The Hall–Kier alpha value is -2.66. The minimum Gasteiger partial charge on any atom is -0.357 e. The van der Waals surface area contributed by atoms with E-state index in [2.05, 4.69) is 19.9 Å². The highest BCUT2D eigenvalue weighted by Crippen LogP contribution is 2.30. The number of halogens is 3. The van der Waals surface area contributed by atoms with Gasteiger partial charge in [-0.05, 0) is 48.7 Å². The van der Waals surface area contributed by atoms with Crippen LogP contribution in [0.4, 0.5) is 19.0 Å². The molecule has 0 unspecified atom stereocenters. The van der Waals surface area contributed by atoms with Gasteiger partial charge in [0.25, 0.3) is 0 Å². The molecule has 11 heteroatoms. The third kappa shape index (κ3) is 6.41. The lowest BCUT2D eigenvalue weighted by molar-refractivity contribution is -0.137. The third-order valence-electron chi connectivity index (χ3n) is 4.85. The number of carbonyl (C=O) groups excluding carboxylic acids is 1. The smallest absolute Gasteiger partial charge is 0.357 e. The number of nitrogens with one attached hydrogen (secondary N) is 2. The van der Waals surface area contributed by atoms with Crippen LogP contribution >= 0.6 is 0 Å². The number of benzene rings is 1. The van der Waals surface area contributed by atoms with Crippen LogP contribution in [0.5, 0.6) is 0 Å². The van der Waals surface area contributed by atoms with E-state index >= 15 is 0 Å². The minimum absolute atomic E-state index is 0.151. The van der Waals surface area contributed by atoms with E-state index in [0.29, 0.717) is 6.07 Å². The molecule has 1 saturated heterocycles. The van der Waals surface area contributed by atoms with Crippen LogP contribution in [0.3, 0.4) is 0 Å². The average Bonchev–Trinajstić information content (AvgIpc) is 3.27. The van der Waals surface area contributed by atoms with Gasteiger partial charge in [-0.1, -0.05) is 6.07 Å². The van der Waals surface area contributed by atoms with E-state index in [4.69, 9.17) is 0 Å². The maximum atomic E-state index is 12.8. The second kappa shape index (κ2) is 9.65. The van der Waals surface area contributed by atoms with Gasteiger partial charge >= 0.3 is 6.18 Å². The molecule has 1 aliphatic rings. The summed E-state index contributed by atoms with van der Waals surface area (Å²) in [5, 5.41) is 2.70. The van der Waals surface area contributed by atoms with Crippen molar-refractivity contribution in [2.45, 2.75) is 36.9 Å². The Morgan fingerprint density at radius 1 is 1.13 bits per heavy atom. The normalized spacial score (nSPS) is 14.6. The Morgan fingerprint density at radius 2 is 1.87 bits per heavy atom. The third-order valence-corrected chi connectivity index (χ3v) is 6.30. The van der Waals surface area contributed by atoms with Gasteiger partial charge in [-0.2, -0.15) is 13.2 Å². The molecule has 1 aromatic carbocycles. The maximum absolute atomic E-state index is 12.8. The Balaban J connectivity index is 1.48. The SMILES string of the molecule is O=C(CCNS(=O)(=O)c1cccc(C(F)(F)F)c1)NCc1ccnc(N2CCCC2)c1. The van der Waals surface area contributed by atoms with Gasteiger partial charge in [-0.3, -0.25) is 4.79 Å². The molecule has 0 radical (unpaired) electrons. The van der Waals surface area contributed by atoms with Crippen molar-refractivity contribution in [3.63, 3.8) is 0 Å². The number of sulfonamides is 1. The highest BCUT2D eigenvalue weighted by atomic mass is 32.2. The molecule has 0 aliphatic carbocycles. The number of hydrogen-bond acceptors (Lipinski definition) is 5. The number of anilines is 1. The highest BCUT2D eigenvalue weighted by Gasteiger charge is 2.31. The average molecular weight is 456 g/mol. The van der Waals surface area contributed by atoms with Crippen molar-refractivity contribution < 1.29 is 26.4 Å². The first kappa shape index (κ1) is 23.0. The summed E-state index contributed by atoms with van der Waals surface area (Å²) in [4.78, 5) is 18.1. The molecule has 2 N–H and O–H groups in total. The van der Waals surface area contributed by atoms with E-state index in [9.17, 15) is 26.4 Å². The second-order valence-corrected chi connectivity index (χ2v) is 8.93. The van der Waals surface area contributed by atoms with Crippen molar-refractivity contribution in [3.05, 3.63) is 53.7 Å². The summed E-state index contributed by atoms with van der Waals surface area (Å²) in [5.41, 5.74) is -0.187. The van der Waals surface area contributed by atoms with Gasteiger partial charge in [0, 0.05) is 38.8 Å². The molecule has 31 heavy (non-hydrogen) atoms. The molecule has 1 amide bonds. The van der Waals surface area contributed by atoms with Crippen LogP contribution in [0.2, 0.25) is 0 Å². The van der Waals surface area contributed by atoms with E-state index in [-0.39, 0.29) is 25.4 Å². The summed E-state index contributed by atoms with van der Waals surface area (Å²) in [6.07, 6.45) is -0.869. The molecule has 2 heterocycles. The molecule has 1 fully saturated rings. The molecule has 0 atom stereocenters. The van der Waals surface area contributed by atoms with Gasteiger partial charge in [0.2, 0.25) is 15.9 Å². The van der Waals surface area contributed by atoms with E-state index in [0.717, 1.165) is 55.5 Å². The van der Waals surface area contributed by atoms with Gasteiger partial charge in [0.05, 0.1) is 10.5 Å². The highest BCUT2D eigenvalue weighted by molar-refractivity contribution is 7.89. The van der Waals surface area contributed by atoms with Crippen molar-refractivity contribution in [3.8, 4) is 0 Å². The van der Waals surface area contributed by atoms with Gasteiger partial charge < -0.3 is 10.2 Å². The number of hydrogen-bond donors (Lipinski definition) is 2. The van der Waals surface area contributed by atoms with Crippen LogP contribution in [0.15, 0.2) is 47.5 Å². The number of pyridine rings is 1. The number of rotatable bonds is 8. The lowest BCUT2D eigenvalue weighted by Gasteiger charge is -2.17. The van der Waals surface area contributed by atoms with Gasteiger partial charge in [0.15, 0.2) is 0 Å². The molecular formula is C20H23F3N4O3S. The fourth-order valence-electron chi connectivity index (χ4n) is 3.20. The molecule has 1 aromatic heterocycles. The van der Waals surface area contributed by atoms with Crippen molar-refractivity contribution in [1.29, 1.82) is 0 Å². The van der Waals surface area contributed by atoms with Crippen LogP contribution in [0, 0.1) is 0 Å². The predicted molar refractivity (Wildman–Crippen MR) is 109 cm³/mol. The van der Waals surface area contributed by atoms with Crippen LogP contribution in [0.1, 0.15) is 30.4 Å². The van der Waals surface area contributed by atoms with E-state index < -0.39 is 26.7 Å². The van der Waals surface area contributed by atoms with Crippen molar-refractivity contribution in [1.82, 2.24) is 15.0 Å². The maximum Gasteiger partial charge on any atom is 0.416 e. The standard InChI is InChI=1S/C20H23F3N4O3S/c21-20(22,23)16-4-3-5-17(13-16)31(29,30)26-9-7-19(28)25-14-15-6-8-24-18(12-15)27-10-1-2-11-27/h3-6,8,12-13,26H,1-2,7,9-11,14H2,(H,25,28). The van der Waals surface area contributed by atoms with E-state index in [1.165, 1.54) is 0 Å². The Bertz CT molecular complexity index is 1020. The molecule has 3 rings (SSSR count). The Morgan fingerprint density at radius 3 is 2.58 bits per heavy atom. The Kier molecular flexibility index (Phi) is 7.16. The molecule has 0 bridgehead atoms. The Labute approximate surface area is 178 Å². The number of amides is 1. The first-order valence-corrected chi connectivity index (χ1v) is 11.3. The molecule has 0 spiro atoms. The van der Waals surface area contributed by atoms with Crippen molar-refractivity contribution in [2.75, 3.05) is 24.5 Å². The largest absolute Gasteiger partial charge is 0.416 e. The first-order chi connectivity index (χ1) is 14.6. The molecule has 0 saturated carbocycles.